The molecule has 0 heterocycles. The summed E-state index contributed by atoms with van der Waals surface area (Å²) in [5.74, 6) is -0.0653. The summed E-state index contributed by atoms with van der Waals surface area (Å²) >= 11 is 0. The Bertz CT molecular complexity index is 821. The maximum Gasteiger partial charge on any atom is 0.264 e. The molecule has 146 valence electrons. The molecular formula is C20H26N2O4S. The summed E-state index contributed by atoms with van der Waals surface area (Å²) in [4.78, 5) is 12.2. The molecule has 0 spiro atoms. The van der Waals surface area contributed by atoms with Gasteiger partial charge in [0.25, 0.3) is 10.0 Å². The summed E-state index contributed by atoms with van der Waals surface area (Å²) in [7, 11) is -2.09. The lowest BCUT2D eigenvalue weighted by atomic mass is 10.1. The summed E-state index contributed by atoms with van der Waals surface area (Å²) in [6.07, 6.45) is 1.03. The number of benzene rings is 2. The van der Waals surface area contributed by atoms with Crippen LogP contribution in [0.25, 0.3) is 0 Å². The van der Waals surface area contributed by atoms with Crippen LogP contribution in [0.3, 0.4) is 0 Å². The van der Waals surface area contributed by atoms with Crippen LogP contribution in [-0.4, -0.2) is 41.1 Å². The Morgan fingerprint density at radius 3 is 2.37 bits per heavy atom. The van der Waals surface area contributed by atoms with E-state index in [1.807, 2.05) is 6.92 Å². The van der Waals surface area contributed by atoms with Gasteiger partial charge in [-0.05, 0) is 43.2 Å². The predicted octanol–water partition coefficient (Wildman–Crippen LogP) is 2.60. The molecule has 0 atom stereocenters. The maximum absolute atomic E-state index is 12.6. The molecule has 1 N–H and O–H groups in total. The van der Waals surface area contributed by atoms with E-state index < -0.39 is 10.0 Å². The number of nitrogens with one attached hydrogen (secondary N) is 1. The average molecular weight is 391 g/mol. The fourth-order valence-electron chi connectivity index (χ4n) is 2.51. The lowest BCUT2D eigenvalue weighted by molar-refractivity contribution is -0.120. The SMILES string of the molecule is CCOCCCNC(=O)Cc1ccc(N(C)S(=O)(=O)c2ccccc2)cc1. The third kappa shape index (κ3) is 6.08. The van der Waals surface area contributed by atoms with E-state index in [9.17, 15) is 13.2 Å². The summed E-state index contributed by atoms with van der Waals surface area (Å²) in [5, 5.41) is 2.85. The van der Waals surface area contributed by atoms with Crippen molar-refractivity contribution in [3.05, 3.63) is 60.2 Å². The summed E-state index contributed by atoms with van der Waals surface area (Å²) in [6.45, 7) is 3.82. The van der Waals surface area contributed by atoms with E-state index in [4.69, 9.17) is 4.74 Å². The van der Waals surface area contributed by atoms with Gasteiger partial charge in [-0.15, -0.1) is 0 Å². The van der Waals surface area contributed by atoms with Crippen LogP contribution < -0.4 is 9.62 Å². The van der Waals surface area contributed by atoms with Crippen molar-refractivity contribution in [1.29, 1.82) is 0 Å². The molecule has 2 aromatic carbocycles. The number of anilines is 1. The smallest absolute Gasteiger partial charge is 0.264 e. The standard InChI is InChI=1S/C20H26N2O4S/c1-3-26-15-7-14-21-20(23)16-17-10-12-18(13-11-17)22(2)27(24,25)19-8-5-4-6-9-19/h4-6,8-13H,3,7,14-16H2,1-2H3,(H,21,23). The van der Waals surface area contributed by atoms with Crippen LogP contribution >= 0.6 is 0 Å². The highest BCUT2D eigenvalue weighted by molar-refractivity contribution is 7.92. The monoisotopic (exact) mass is 390 g/mol. The van der Waals surface area contributed by atoms with Crippen molar-refractivity contribution in [2.45, 2.75) is 24.7 Å². The van der Waals surface area contributed by atoms with E-state index in [0.717, 1.165) is 12.0 Å². The van der Waals surface area contributed by atoms with Crippen LogP contribution in [0.2, 0.25) is 0 Å². The van der Waals surface area contributed by atoms with Crippen LogP contribution in [0.15, 0.2) is 59.5 Å². The van der Waals surface area contributed by atoms with Crippen LogP contribution in [-0.2, 0) is 26.0 Å². The average Bonchev–Trinajstić information content (AvgIpc) is 2.68. The Labute approximate surface area is 161 Å². The lowest BCUT2D eigenvalue weighted by Crippen LogP contribution is -2.27. The van der Waals surface area contributed by atoms with Gasteiger partial charge in [0.05, 0.1) is 17.0 Å². The third-order valence-electron chi connectivity index (χ3n) is 4.06. The number of carbonyl (C=O) groups is 1. The first-order valence-electron chi connectivity index (χ1n) is 8.92. The second-order valence-electron chi connectivity index (χ2n) is 6.03. The van der Waals surface area contributed by atoms with Crippen molar-refractivity contribution in [3.63, 3.8) is 0 Å². The van der Waals surface area contributed by atoms with Crippen molar-refractivity contribution in [3.8, 4) is 0 Å². The van der Waals surface area contributed by atoms with Crippen molar-refractivity contribution in [2.75, 3.05) is 31.1 Å². The van der Waals surface area contributed by atoms with Crippen molar-refractivity contribution >= 4 is 21.6 Å². The van der Waals surface area contributed by atoms with Crippen LogP contribution in [0.4, 0.5) is 5.69 Å². The molecule has 6 nitrogen and oxygen atoms in total. The Balaban J connectivity index is 1.93. The zero-order valence-corrected chi connectivity index (χ0v) is 16.5. The molecule has 1 amide bonds. The van der Waals surface area contributed by atoms with Crippen LogP contribution in [0.1, 0.15) is 18.9 Å². The first-order chi connectivity index (χ1) is 12.9. The van der Waals surface area contributed by atoms with E-state index in [-0.39, 0.29) is 17.2 Å². The first kappa shape index (κ1) is 20.9. The number of hydrogen-bond donors (Lipinski definition) is 1. The van der Waals surface area contributed by atoms with E-state index in [0.29, 0.717) is 25.4 Å². The van der Waals surface area contributed by atoms with Gasteiger partial charge in [-0.25, -0.2) is 8.42 Å². The molecule has 0 fully saturated rings. The molecule has 0 unspecified atom stereocenters. The van der Waals surface area contributed by atoms with Gasteiger partial charge in [0.2, 0.25) is 5.91 Å². The maximum atomic E-state index is 12.6. The Morgan fingerprint density at radius 2 is 1.74 bits per heavy atom. The molecule has 0 aliphatic heterocycles. The molecule has 27 heavy (non-hydrogen) atoms. The second kappa shape index (κ2) is 10.1. The molecule has 0 aliphatic carbocycles. The van der Waals surface area contributed by atoms with Gasteiger partial charge >= 0.3 is 0 Å². The number of nitrogens with zero attached hydrogens (tertiary/aromatic N) is 1. The molecule has 0 saturated heterocycles. The molecule has 0 radical (unpaired) electrons. The Morgan fingerprint density at radius 1 is 1.07 bits per heavy atom. The van der Waals surface area contributed by atoms with E-state index in [1.54, 1.807) is 54.6 Å². The summed E-state index contributed by atoms with van der Waals surface area (Å²) in [5.41, 5.74) is 1.37. The van der Waals surface area contributed by atoms with Gasteiger partial charge in [-0.2, -0.15) is 0 Å². The quantitative estimate of drug-likeness (QED) is 0.633. The molecule has 0 bridgehead atoms. The molecule has 7 heteroatoms. The Kier molecular flexibility index (Phi) is 7.82. The zero-order valence-electron chi connectivity index (χ0n) is 15.7. The fraction of sp³-hybridized carbons (Fsp3) is 0.350. The number of sulfonamides is 1. The number of rotatable bonds is 10. The van der Waals surface area contributed by atoms with E-state index in [1.165, 1.54) is 11.4 Å². The highest BCUT2D eigenvalue weighted by Gasteiger charge is 2.20. The highest BCUT2D eigenvalue weighted by Crippen LogP contribution is 2.22. The zero-order chi connectivity index (χ0) is 19.7. The van der Waals surface area contributed by atoms with Gasteiger partial charge < -0.3 is 10.1 Å². The van der Waals surface area contributed by atoms with E-state index in [2.05, 4.69) is 5.32 Å². The van der Waals surface area contributed by atoms with Crippen molar-refractivity contribution < 1.29 is 17.9 Å². The minimum absolute atomic E-state index is 0.0653. The van der Waals surface area contributed by atoms with Gasteiger partial charge in [0.1, 0.15) is 0 Å². The molecule has 0 aliphatic rings. The number of hydrogen-bond acceptors (Lipinski definition) is 4. The molecule has 2 aromatic rings. The molecule has 0 saturated carbocycles. The van der Waals surface area contributed by atoms with Crippen molar-refractivity contribution in [2.24, 2.45) is 0 Å². The fourth-order valence-corrected chi connectivity index (χ4v) is 3.72. The second-order valence-corrected chi connectivity index (χ2v) is 8.00. The highest BCUT2D eigenvalue weighted by atomic mass is 32.2. The van der Waals surface area contributed by atoms with E-state index >= 15 is 0 Å². The molecule has 0 aromatic heterocycles. The number of carbonyl (C=O) groups excluding carboxylic acids is 1. The largest absolute Gasteiger partial charge is 0.382 e. The number of amides is 1. The topological polar surface area (TPSA) is 75.7 Å². The van der Waals surface area contributed by atoms with Gasteiger partial charge in [-0.1, -0.05) is 30.3 Å². The third-order valence-corrected chi connectivity index (χ3v) is 5.86. The summed E-state index contributed by atoms with van der Waals surface area (Å²) in [6, 6.07) is 15.2. The lowest BCUT2D eigenvalue weighted by Gasteiger charge is -2.19. The molecule has 2 rings (SSSR count). The normalized spacial score (nSPS) is 11.2. The predicted molar refractivity (Wildman–Crippen MR) is 106 cm³/mol. The van der Waals surface area contributed by atoms with Gasteiger partial charge in [0, 0.05) is 26.8 Å². The van der Waals surface area contributed by atoms with Gasteiger partial charge in [0.15, 0.2) is 0 Å². The number of ether oxygens (including phenoxy) is 1. The minimum atomic E-state index is -3.61. The van der Waals surface area contributed by atoms with Crippen LogP contribution in [0.5, 0.6) is 0 Å². The van der Waals surface area contributed by atoms with Gasteiger partial charge in [-0.3, -0.25) is 9.10 Å². The van der Waals surface area contributed by atoms with Crippen LogP contribution in [0, 0.1) is 0 Å². The summed E-state index contributed by atoms with van der Waals surface area (Å²) < 4.78 is 31.7. The minimum Gasteiger partial charge on any atom is -0.382 e. The van der Waals surface area contributed by atoms with Crippen molar-refractivity contribution in [1.82, 2.24) is 5.32 Å². The molecular weight excluding hydrogens is 364 g/mol. The Hall–Kier alpha value is -2.38. The first-order valence-corrected chi connectivity index (χ1v) is 10.4.